The van der Waals surface area contributed by atoms with E-state index in [1.807, 2.05) is 0 Å². The normalized spacial score (nSPS) is 32.9. The van der Waals surface area contributed by atoms with Crippen LogP contribution in [0.1, 0.15) is 64.2 Å². The van der Waals surface area contributed by atoms with E-state index < -0.39 is 0 Å². The van der Waals surface area contributed by atoms with Crippen molar-refractivity contribution in [1.82, 2.24) is 4.90 Å². The molecule has 2 fully saturated rings. The number of nitrogens with zero attached hydrogens (tertiary/aromatic N) is 2. The van der Waals surface area contributed by atoms with Crippen LogP contribution in [0.25, 0.3) is 0 Å². The molecule has 2 aliphatic rings. The molecule has 0 aromatic carbocycles. The fourth-order valence-corrected chi connectivity index (χ4v) is 3.89. The van der Waals surface area contributed by atoms with Crippen LogP contribution < -0.4 is 0 Å². The summed E-state index contributed by atoms with van der Waals surface area (Å²) in [5.41, 5.74) is 0. The van der Waals surface area contributed by atoms with E-state index >= 15 is 0 Å². The van der Waals surface area contributed by atoms with Gasteiger partial charge in [-0.25, -0.2) is 0 Å². The van der Waals surface area contributed by atoms with Crippen molar-refractivity contribution in [2.24, 2.45) is 5.92 Å². The van der Waals surface area contributed by atoms with Gasteiger partial charge in [-0.15, -0.1) is 0 Å². The molecular formula is C16H28N2O. The number of hydrogen-bond donors (Lipinski definition) is 1. The first-order valence-electron chi connectivity index (χ1n) is 8.12. The highest BCUT2D eigenvalue weighted by Crippen LogP contribution is 2.34. The molecule has 0 aromatic heterocycles. The Morgan fingerprint density at radius 3 is 2.63 bits per heavy atom. The topological polar surface area (TPSA) is 47.3 Å². The van der Waals surface area contributed by atoms with Crippen LogP contribution in [0.2, 0.25) is 0 Å². The molecule has 1 heterocycles. The summed E-state index contributed by atoms with van der Waals surface area (Å²) in [6.07, 6.45) is 11.4. The average molecular weight is 264 g/mol. The van der Waals surface area contributed by atoms with Gasteiger partial charge < -0.3 is 10.0 Å². The van der Waals surface area contributed by atoms with Gasteiger partial charge in [0, 0.05) is 18.4 Å². The van der Waals surface area contributed by atoms with Gasteiger partial charge in [0.2, 0.25) is 0 Å². The van der Waals surface area contributed by atoms with Crippen LogP contribution in [0.3, 0.4) is 0 Å². The summed E-state index contributed by atoms with van der Waals surface area (Å²) in [6, 6.07) is 2.83. The molecule has 3 unspecified atom stereocenters. The van der Waals surface area contributed by atoms with Gasteiger partial charge in [0.15, 0.2) is 0 Å². The zero-order chi connectivity index (χ0) is 13.5. The maximum atomic E-state index is 10.3. The van der Waals surface area contributed by atoms with E-state index in [-0.39, 0.29) is 6.10 Å². The quantitative estimate of drug-likeness (QED) is 0.776. The van der Waals surface area contributed by atoms with E-state index in [0.717, 1.165) is 25.8 Å². The van der Waals surface area contributed by atoms with E-state index in [0.29, 0.717) is 18.4 Å². The Balaban J connectivity index is 1.86. The van der Waals surface area contributed by atoms with Crippen LogP contribution in [-0.2, 0) is 0 Å². The zero-order valence-corrected chi connectivity index (χ0v) is 12.1. The third-order valence-electron chi connectivity index (χ3n) is 4.92. The molecule has 0 spiro atoms. The van der Waals surface area contributed by atoms with Crippen LogP contribution in [0.15, 0.2) is 0 Å². The lowest BCUT2D eigenvalue weighted by molar-refractivity contribution is -0.00593. The third-order valence-corrected chi connectivity index (χ3v) is 4.92. The number of nitriles is 1. The summed E-state index contributed by atoms with van der Waals surface area (Å²) in [6.45, 7) is 2.32. The molecule has 19 heavy (non-hydrogen) atoms. The van der Waals surface area contributed by atoms with Gasteiger partial charge in [-0.05, 0) is 51.6 Å². The van der Waals surface area contributed by atoms with Crippen LogP contribution in [0.5, 0.6) is 0 Å². The second-order valence-corrected chi connectivity index (χ2v) is 6.23. The second kappa shape index (κ2) is 7.87. The summed E-state index contributed by atoms with van der Waals surface area (Å²) in [4.78, 5) is 2.61. The Morgan fingerprint density at radius 1 is 1.05 bits per heavy atom. The lowest BCUT2D eigenvalue weighted by Crippen LogP contribution is -2.48. The lowest BCUT2D eigenvalue weighted by atomic mass is 9.78. The highest BCUT2D eigenvalue weighted by molar-refractivity contribution is 4.89. The monoisotopic (exact) mass is 264 g/mol. The maximum Gasteiger partial charge on any atom is 0.0621 e. The molecule has 1 saturated heterocycles. The van der Waals surface area contributed by atoms with Gasteiger partial charge >= 0.3 is 0 Å². The number of aliphatic hydroxyl groups excluding tert-OH is 1. The zero-order valence-electron chi connectivity index (χ0n) is 12.1. The minimum atomic E-state index is -0.0709. The Bertz CT molecular complexity index is 300. The number of likely N-dealkylation sites (tertiary alicyclic amines) is 1. The first-order chi connectivity index (χ1) is 9.33. The van der Waals surface area contributed by atoms with Crippen molar-refractivity contribution in [3.63, 3.8) is 0 Å². The largest absolute Gasteiger partial charge is 0.393 e. The Labute approximate surface area is 117 Å². The van der Waals surface area contributed by atoms with Crippen LogP contribution in [-0.4, -0.2) is 35.2 Å². The van der Waals surface area contributed by atoms with E-state index in [1.165, 1.54) is 45.1 Å². The smallest absolute Gasteiger partial charge is 0.0621 e. The van der Waals surface area contributed by atoms with Crippen LogP contribution in [0.4, 0.5) is 0 Å². The Morgan fingerprint density at radius 2 is 1.84 bits per heavy atom. The number of rotatable bonds is 5. The van der Waals surface area contributed by atoms with Crippen molar-refractivity contribution in [3.05, 3.63) is 0 Å². The molecule has 0 bridgehead atoms. The lowest BCUT2D eigenvalue weighted by Gasteiger charge is -2.43. The third kappa shape index (κ3) is 4.19. The van der Waals surface area contributed by atoms with Gasteiger partial charge in [-0.3, -0.25) is 0 Å². The number of piperidine rings is 1. The molecule has 3 atom stereocenters. The van der Waals surface area contributed by atoms with Gasteiger partial charge in [0.1, 0.15) is 0 Å². The highest BCUT2D eigenvalue weighted by Gasteiger charge is 2.35. The first-order valence-corrected chi connectivity index (χ1v) is 8.12. The summed E-state index contributed by atoms with van der Waals surface area (Å²) in [7, 11) is 0. The van der Waals surface area contributed by atoms with Crippen molar-refractivity contribution in [1.29, 1.82) is 5.26 Å². The van der Waals surface area contributed by atoms with E-state index in [9.17, 15) is 5.11 Å². The average Bonchev–Trinajstić information content (AvgIpc) is 2.45. The van der Waals surface area contributed by atoms with Gasteiger partial charge in [-0.1, -0.05) is 19.3 Å². The molecular weight excluding hydrogens is 236 g/mol. The summed E-state index contributed by atoms with van der Waals surface area (Å²) < 4.78 is 0. The molecule has 0 amide bonds. The molecule has 3 nitrogen and oxygen atoms in total. The summed E-state index contributed by atoms with van der Waals surface area (Å²) in [5, 5.41) is 18.9. The molecule has 1 N–H and O–H groups in total. The molecule has 2 rings (SSSR count). The second-order valence-electron chi connectivity index (χ2n) is 6.23. The Kier molecular flexibility index (Phi) is 6.13. The van der Waals surface area contributed by atoms with E-state index in [1.54, 1.807) is 0 Å². The predicted octanol–water partition coefficient (Wildman–Crippen LogP) is 3.09. The molecule has 108 valence electrons. The van der Waals surface area contributed by atoms with Gasteiger partial charge in [0.05, 0.1) is 12.2 Å². The minimum absolute atomic E-state index is 0.0709. The van der Waals surface area contributed by atoms with Crippen molar-refractivity contribution in [3.8, 4) is 6.07 Å². The molecule has 0 aromatic rings. The van der Waals surface area contributed by atoms with E-state index in [4.69, 9.17) is 5.26 Å². The summed E-state index contributed by atoms with van der Waals surface area (Å²) >= 11 is 0. The highest BCUT2D eigenvalue weighted by atomic mass is 16.3. The van der Waals surface area contributed by atoms with Crippen molar-refractivity contribution >= 4 is 0 Å². The molecule has 1 saturated carbocycles. The van der Waals surface area contributed by atoms with Crippen molar-refractivity contribution in [2.75, 3.05) is 13.1 Å². The number of unbranched alkanes of at least 4 members (excludes halogenated alkanes) is 2. The molecule has 3 heteroatoms. The molecule has 1 aliphatic heterocycles. The number of aliphatic hydroxyl groups is 1. The molecule has 0 radical (unpaired) electrons. The van der Waals surface area contributed by atoms with Crippen LogP contribution >= 0.6 is 0 Å². The first kappa shape index (κ1) is 14.8. The van der Waals surface area contributed by atoms with E-state index in [2.05, 4.69) is 11.0 Å². The maximum absolute atomic E-state index is 10.3. The minimum Gasteiger partial charge on any atom is -0.393 e. The number of hydrogen-bond acceptors (Lipinski definition) is 3. The van der Waals surface area contributed by atoms with Crippen molar-refractivity contribution in [2.45, 2.75) is 76.4 Å². The molecule has 1 aliphatic carbocycles. The van der Waals surface area contributed by atoms with Crippen LogP contribution in [0, 0.1) is 17.2 Å². The van der Waals surface area contributed by atoms with Gasteiger partial charge in [-0.2, -0.15) is 5.26 Å². The fraction of sp³-hybridized carbons (Fsp3) is 0.938. The SMILES string of the molecule is N#CCCCCN1CCCCC1C1CCCCC1O. The summed E-state index contributed by atoms with van der Waals surface area (Å²) in [5.74, 6) is 0.505. The van der Waals surface area contributed by atoms with Gasteiger partial charge in [0.25, 0.3) is 0 Å². The fourth-order valence-electron chi connectivity index (χ4n) is 3.89. The predicted molar refractivity (Wildman–Crippen MR) is 76.6 cm³/mol. The Hall–Kier alpha value is -0.590. The van der Waals surface area contributed by atoms with Crippen molar-refractivity contribution < 1.29 is 5.11 Å². The standard InChI is InChI=1S/C16H28N2O/c17-11-5-1-6-12-18-13-7-4-9-15(18)14-8-2-3-10-16(14)19/h14-16,19H,1-10,12-13H2.